The van der Waals surface area contributed by atoms with Gasteiger partial charge in [-0.15, -0.1) is 24.0 Å². The van der Waals surface area contributed by atoms with Gasteiger partial charge in [0.25, 0.3) is 0 Å². The molecule has 1 saturated heterocycles. The van der Waals surface area contributed by atoms with Crippen LogP contribution in [0.5, 0.6) is 0 Å². The molecule has 0 spiro atoms. The highest BCUT2D eigenvalue weighted by atomic mass is 127. The normalized spacial score (nSPS) is 20.8. The predicted molar refractivity (Wildman–Crippen MR) is 111 cm³/mol. The predicted octanol–water partition coefficient (Wildman–Crippen LogP) is 2.93. The van der Waals surface area contributed by atoms with Crippen molar-refractivity contribution in [2.45, 2.75) is 45.2 Å². The van der Waals surface area contributed by atoms with Crippen molar-refractivity contribution >= 4 is 35.8 Å². The van der Waals surface area contributed by atoms with Crippen LogP contribution in [0, 0.1) is 0 Å². The second kappa shape index (κ2) is 10.9. The van der Waals surface area contributed by atoms with Gasteiger partial charge in [-0.05, 0) is 25.5 Å². The van der Waals surface area contributed by atoms with E-state index in [0.717, 1.165) is 24.5 Å². The van der Waals surface area contributed by atoms with Crippen LogP contribution in [-0.4, -0.2) is 56.0 Å². The summed E-state index contributed by atoms with van der Waals surface area (Å²) >= 11 is 0. The van der Waals surface area contributed by atoms with Crippen molar-refractivity contribution in [2.75, 3.05) is 31.6 Å². The molecule has 27 heavy (non-hydrogen) atoms. The number of alkyl halides is 3. The van der Waals surface area contributed by atoms with E-state index in [1.54, 1.807) is 6.20 Å². The van der Waals surface area contributed by atoms with E-state index in [4.69, 9.17) is 4.74 Å². The first-order valence-corrected chi connectivity index (χ1v) is 8.63. The molecule has 1 fully saturated rings. The maximum atomic E-state index is 12.2. The monoisotopic (exact) mass is 501 g/mol. The molecule has 0 amide bonds. The largest absolute Gasteiger partial charge is 0.390 e. The fourth-order valence-corrected chi connectivity index (χ4v) is 2.80. The summed E-state index contributed by atoms with van der Waals surface area (Å²) in [5.74, 6) is 1.22. The highest BCUT2D eigenvalue weighted by Gasteiger charge is 2.26. The van der Waals surface area contributed by atoms with E-state index in [1.807, 2.05) is 26.0 Å². The molecule has 154 valence electrons. The van der Waals surface area contributed by atoms with Crippen LogP contribution >= 0.6 is 24.0 Å². The van der Waals surface area contributed by atoms with Gasteiger partial charge in [-0.3, -0.25) is 4.99 Å². The van der Waals surface area contributed by atoms with Crippen LogP contribution in [0.1, 0.15) is 25.8 Å². The van der Waals surface area contributed by atoms with E-state index < -0.39 is 12.6 Å². The summed E-state index contributed by atoms with van der Waals surface area (Å²) in [6, 6.07) is 3.89. The van der Waals surface area contributed by atoms with E-state index in [-0.39, 0.29) is 42.7 Å². The lowest BCUT2D eigenvalue weighted by Gasteiger charge is -2.36. The number of morpholine rings is 1. The Kier molecular flexibility index (Phi) is 9.57. The van der Waals surface area contributed by atoms with Gasteiger partial charge < -0.3 is 20.3 Å². The lowest BCUT2D eigenvalue weighted by Crippen LogP contribution is -2.45. The standard InChI is InChI=1S/C17H26F3N5O.HI/c1-12-10-25(11-13(2)26-12)15-5-4-14(8-23-15)9-24-16(21-3)22-7-6-17(18,19)20;/h4-5,8,12-13H,6-7,9-11H2,1-3H3,(H2,21,22,24);1H. The number of ether oxygens (including phenoxy) is 1. The van der Waals surface area contributed by atoms with Crippen LogP contribution in [0.4, 0.5) is 19.0 Å². The number of halogens is 4. The Balaban J connectivity index is 0.00000364. The first kappa shape index (κ1) is 23.7. The average molecular weight is 501 g/mol. The molecule has 0 radical (unpaired) electrons. The van der Waals surface area contributed by atoms with E-state index in [0.29, 0.717) is 12.5 Å². The van der Waals surface area contributed by atoms with Gasteiger partial charge >= 0.3 is 6.18 Å². The molecule has 2 N–H and O–H groups in total. The molecule has 2 atom stereocenters. The number of aliphatic imine (C=N–C) groups is 1. The average Bonchev–Trinajstić information content (AvgIpc) is 2.56. The van der Waals surface area contributed by atoms with E-state index in [1.165, 1.54) is 7.05 Å². The topological polar surface area (TPSA) is 61.8 Å². The van der Waals surface area contributed by atoms with E-state index in [2.05, 4.69) is 25.5 Å². The molecule has 1 aromatic heterocycles. The molecule has 0 aliphatic carbocycles. The second-order valence-electron chi connectivity index (χ2n) is 6.40. The van der Waals surface area contributed by atoms with Crippen molar-refractivity contribution in [1.29, 1.82) is 0 Å². The number of aromatic nitrogens is 1. The number of nitrogens with one attached hydrogen (secondary N) is 2. The van der Waals surface area contributed by atoms with Crippen LogP contribution in [0.3, 0.4) is 0 Å². The molecular formula is C17H27F3IN5O. The Morgan fingerprint density at radius 2 is 1.93 bits per heavy atom. The third-order valence-corrected chi connectivity index (χ3v) is 3.94. The SMILES string of the molecule is CN=C(NCCC(F)(F)F)NCc1ccc(N2CC(C)OC(C)C2)nc1.I. The molecule has 1 aliphatic rings. The number of guanidine groups is 1. The molecule has 2 heterocycles. The third-order valence-electron chi connectivity index (χ3n) is 3.94. The summed E-state index contributed by atoms with van der Waals surface area (Å²) in [6.07, 6.45) is -3.00. The number of hydrogen-bond donors (Lipinski definition) is 2. The number of nitrogens with zero attached hydrogens (tertiary/aromatic N) is 3. The molecule has 2 rings (SSSR count). The number of rotatable bonds is 5. The minimum atomic E-state index is -4.18. The van der Waals surface area contributed by atoms with Gasteiger partial charge in [0.15, 0.2) is 5.96 Å². The van der Waals surface area contributed by atoms with Gasteiger partial charge in [-0.2, -0.15) is 13.2 Å². The van der Waals surface area contributed by atoms with Gasteiger partial charge in [0.2, 0.25) is 0 Å². The van der Waals surface area contributed by atoms with Crippen LogP contribution in [0.25, 0.3) is 0 Å². The summed E-state index contributed by atoms with van der Waals surface area (Å²) in [4.78, 5) is 10.6. The molecular weight excluding hydrogens is 474 g/mol. The Morgan fingerprint density at radius 1 is 1.26 bits per heavy atom. The molecule has 10 heteroatoms. The van der Waals surface area contributed by atoms with Crippen LogP contribution < -0.4 is 15.5 Å². The van der Waals surface area contributed by atoms with Crippen molar-refractivity contribution < 1.29 is 17.9 Å². The maximum absolute atomic E-state index is 12.2. The van der Waals surface area contributed by atoms with Gasteiger partial charge in [-0.25, -0.2) is 4.98 Å². The smallest absolute Gasteiger partial charge is 0.372 e. The van der Waals surface area contributed by atoms with Crippen molar-refractivity contribution in [3.63, 3.8) is 0 Å². The molecule has 0 bridgehead atoms. The summed E-state index contributed by atoms with van der Waals surface area (Å²) < 4.78 is 42.3. The number of anilines is 1. The Hall–Kier alpha value is -1.30. The highest BCUT2D eigenvalue weighted by molar-refractivity contribution is 14.0. The molecule has 0 saturated carbocycles. The highest BCUT2D eigenvalue weighted by Crippen LogP contribution is 2.19. The third kappa shape index (κ3) is 8.50. The summed E-state index contributed by atoms with van der Waals surface area (Å²) in [7, 11) is 1.52. The van der Waals surface area contributed by atoms with Crippen molar-refractivity contribution in [3.8, 4) is 0 Å². The van der Waals surface area contributed by atoms with Crippen molar-refractivity contribution in [2.24, 2.45) is 4.99 Å². The van der Waals surface area contributed by atoms with Crippen LogP contribution in [0.2, 0.25) is 0 Å². The minimum Gasteiger partial charge on any atom is -0.372 e. The number of pyridine rings is 1. The summed E-state index contributed by atoms with van der Waals surface area (Å²) in [5.41, 5.74) is 0.918. The van der Waals surface area contributed by atoms with Crippen LogP contribution in [0.15, 0.2) is 23.3 Å². The first-order valence-electron chi connectivity index (χ1n) is 8.63. The second-order valence-corrected chi connectivity index (χ2v) is 6.40. The number of hydrogen-bond acceptors (Lipinski definition) is 4. The van der Waals surface area contributed by atoms with Gasteiger partial charge in [-0.1, -0.05) is 6.07 Å². The van der Waals surface area contributed by atoms with E-state index in [9.17, 15) is 13.2 Å². The summed E-state index contributed by atoms with van der Waals surface area (Å²) in [5, 5.41) is 5.63. The van der Waals surface area contributed by atoms with E-state index >= 15 is 0 Å². The fraction of sp³-hybridized carbons (Fsp3) is 0.647. The van der Waals surface area contributed by atoms with Crippen LogP contribution in [-0.2, 0) is 11.3 Å². The zero-order valence-electron chi connectivity index (χ0n) is 15.7. The van der Waals surface area contributed by atoms with Crippen molar-refractivity contribution in [3.05, 3.63) is 23.9 Å². The Morgan fingerprint density at radius 3 is 2.44 bits per heavy atom. The molecule has 1 aliphatic heterocycles. The lowest BCUT2D eigenvalue weighted by molar-refractivity contribution is -0.132. The van der Waals surface area contributed by atoms with Gasteiger partial charge in [0, 0.05) is 39.4 Å². The fourth-order valence-electron chi connectivity index (χ4n) is 2.80. The van der Waals surface area contributed by atoms with Crippen molar-refractivity contribution in [1.82, 2.24) is 15.6 Å². The van der Waals surface area contributed by atoms with Gasteiger partial charge in [0.1, 0.15) is 5.82 Å². The Bertz CT molecular complexity index is 587. The molecule has 0 aromatic carbocycles. The first-order chi connectivity index (χ1) is 12.3. The lowest BCUT2D eigenvalue weighted by atomic mass is 10.2. The minimum absolute atomic E-state index is 0. The zero-order chi connectivity index (χ0) is 19.2. The molecule has 2 unspecified atom stereocenters. The molecule has 1 aromatic rings. The maximum Gasteiger partial charge on any atom is 0.390 e. The Labute approximate surface area is 175 Å². The quantitative estimate of drug-likeness (QED) is 0.369. The summed E-state index contributed by atoms with van der Waals surface area (Å²) in [6.45, 7) is 5.88. The van der Waals surface area contributed by atoms with Gasteiger partial charge in [0.05, 0.1) is 18.6 Å². The zero-order valence-corrected chi connectivity index (χ0v) is 18.0. The molecule has 6 nitrogen and oxygen atoms in total.